The summed E-state index contributed by atoms with van der Waals surface area (Å²) in [4.78, 5) is 25.4. The number of carboxylic acids is 1. The topological polar surface area (TPSA) is 95.0 Å². The van der Waals surface area contributed by atoms with Gasteiger partial charge in [-0.2, -0.15) is 4.31 Å². The molecule has 2 fully saturated rings. The molecule has 2 heterocycles. The molecule has 2 aliphatic heterocycles. The number of likely N-dealkylation sites (tertiary alicyclic amines) is 1. The number of aliphatic carboxylic acids is 1. The minimum Gasteiger partial charge on any atom is -0.481 e. The molecule has 0 radical (unpaired) electrons. The molecule has 132 valence electrons. The smallest absolute Gasteiger partial charge is 0.308 e. The molecule has 0 aliphatic carbocycles. The van der Waals surface area contributed by atoms with Gasteiger partial charge in [0.1, 0.15) is 6.04 Å². The zero-order chi connectivity index (χ0) is 17.2. The molecule has 8 heteroatoms. The lowest BCUT2D eigenvalue weighted by Gasteiger charge is -2.27. The van der Waals surface area contributed by atoms with Crippen LogP contribution in [0.3, 0.4) is 0 Å². The second-order valence-corrected chi connectivity index (χ2v) is 8.64. The molecule has 23 heavy (non-hydrogen) atoms. The van der Waals surface area contributed by atoms with Gasteiger partial charge in [-0.05, 0) is 25.2 Å². The number of unbranched alkanes of at least 4 members (excludes halogenated alkanes) is 1. The van der Waals surface area contributed by atoms with Gasteiger partial charge < -0.3 is 10.0 Å². The van der Waals surface area contributed by atoms with Crippen molar-refractivity contribution in [1.82, 2.24) is 9.21 Å². The molecule has 2 aliphatic rings. The van der Waals surface area contributed by atoms with Gasteiger partial charge in [-0.3, -0.25) is 9.59 Å². The Hall–Kier alpha value is -1.15. The Kier molecular flexibility index (Phi) is 5.67. The van der Waals surface area contributed by atoms with E-state index in [0.29, 0.717) is 32.4 Å². The largest absolute Gasteiger partial charge is 0.481 e. The van der Waals surface area contributed by atoms with Crippen molar-refractivity contribution < 1.29 is 23.1 Å². The van der Waals surface area contributed by atoms with Crippen LogP contribution in [-0.4, -0.2) is 66.0 Å². The highest BCUT2D eigenvalue weighted by molar-refractivity contribution is 7.89. The zero-order valence-corrected chi connectivity index (χ0v) is 14.6. The molecule has 3 atom stereocenters. The summed E-state index contributed by atoms with van der Waals surface area (Å²) in [7, 11) is -3.42. The molecule has 7 nitrogen and oxygen atoms in total. The van der Waals surface area contributed by atoms with E-state index in [-0.39, 0.29) is 24.1 Å². The maximum atomic E-state index is 12.7. The highest BCUT2D eigenvalue weighted by Crippen LogP contribution is 2.28. The number of nitrogens with zero attached hydrogens (tertiary/aromatic N) is 2. The summed E-state index contributed by atoms with van der Waals surface area (Å²) in [5, 5.41) is 9.18. The van der Waals surface area contributed by atoms with Crippen LogP contribution in [0.4, 0.5) is 0 Å². The second kappa shape index (κ2) is 7.17. The first-order valence-corrected chi connectivity index (χ1v) is 9.90. The fourth-order valence-electron chi connectivity index (χ4n) is 3.44. The van der Waals surface area contributed by atoms with Gasteiger partial charge in [0.25, 0.3) is 0 Å². The van der Waals surface area contributed by atoms with Crippen molar-refractivity contribution in [2.75, 3.05) is 25.4 Å². The summed E-state index contributed by atoms with van der Waals surface area (Å²) in [6.45, 7) is 4.69. The Morgan fingerprint density at radius 1 is 1.26 bits per heavy atom. The van der Waals surface area contributed by atoms with E-state index in [0.717, 1.165) is 6.42 Å². The number of carbonyl (C=O) groups is 2. The number of carboxylic acid groups (broad SMARTS) is 1. The Labute approximate surface area is 137 Å². The minimum atomic E-state index is -3.42. The first kappa shape index (κ1) is 18.2. The third-order valence-corrected chi connectivity index (χ3v) is 6.80. The molecule has 0 aromatic carbocycles. The summed E-state index contributed by atoms with van der Waals surface area (Å²) in [6.07, 6.45) is 2.57. The van der Waals surface area contributed by atoms with Gasteiger partial charge in [-0.15, -0.1) is 0 Å². The van der Waals surface area contributed by atoms with Crippen molar-refractivity contribution in [3.8, 4) is 0 Å². The summed E-state index contributed by atoms with van der Waals surface area (Å²) >= 11 is 0. The van der Waals surface area contributed by atoms with E-state index in [2.05, 4.69) is 0 Å². The van der Waals surface area contributed by atoms with E-state index in [1.54, 1.807) is 0 Å². The number of amides is 1. The number of carbonyl (C=O) groups excluding carboxylic acids is 1. The predicted octanol–water partition coefficient (Wildman–Crippen LogP) is 0.760. The van der Waals surface area contributed by atoms with Gasteiger partial charge in [0.2, 0.25) is 15.9 Å². The van der Waals surface area contributed by atoms with Gasteiger partial charge in [0.15, 0.2) is 0 Å². The molecule has 0 saturated carbocycles. The summed E-state index contributed by atoms with van der Waals surface area (Å²) in [5.41, 5.74) is 0. The van der Waals surface area contributed by atoms with E-state index in [4.69, 9.17) is 0 Å². The highest BCUT2D eigenvalue weighted by atomic mass is 32.2. The second-order valence-electron chi connectivity index (χ2n) is 6.60. The van der Waals surface area contributed by atoms with Crippen molar-refractivity contribution in [3.05, 3.63) is 0 Å². The summed E-state index contributed by atoms with van der Waals surface area (Å²) in [6, 6.07) is -0.656. The predicted molar refractivity (Wildman–Crippen MR) is 85.3 cm³/mol. The lowest BCUT2D eigenvalue weighted by molar-refractivity contribution is -0.142. The van der Waals surface area contributed by atoms with Crippen LogP contribution in [0.5, 0.6) is 0 Å². The van der Waals surface area contributed by atoms with E-state index in [9.17, 15) is 23.1 Å². The summed E-state index contributed by atoms with van der Waals surface area (Å²) < 4.78 is 26.2. The number of hydrogen-bond acceptors (Lipinski definition) is 4. The van der Waals surface area contributed by atoms with Crippen LogP contribution in [0.2, 0.25) is 0 Å². The van der Waals surface area contributed by atoms with Crippen molar-refractivity contribution in [3.63, 3.8) is 0 Å². The molecule has 1 unspecified atom stereocenters. The minimum absolute atomic E-state index is 0.0709. The third kappa shape index (κ3) is 3.85. The van der Waals surface area contributed by atoms with Gasteiger partial charge >= 0.3 is 5.97 Å². The lowest BCUT2D eigenvalue weighted by Crippen LogP contribution is -2.47. The first-order valence-electron chi connectivity index (χ1n) is 8.29. The Balaban J connectivity index is 2.08. The van der Waals surface area contributed by atoms with Crippen LogP contribution in [0.25, 0.3) is 0 Å². The van der Waals surface area contributed by atoms with Crippen LogP contribution in [0.1, 0.15) is 39.5 Å². The normalized spacial score (nSPS) is 29.1. The fourth-order valence-corrected chi connectivity index (χ4v) is 5.32. The van der Waals surface area contributed by atoms with Gasteiger partial charge in [-0.1, -0.05) is 20.3 Å². The Morgan fingerprint density at radius 2 is 1.96 bits per heavy atom. The number of hydrogen-bond donors (Lipinski definition) is 1. The van der Waals surface area contributed by atoms with Crippen LogP contribution in [0.15, 0.2) is 0 Å². The number of rotatable bonds is 6. The molecule has 2 rings (SSSR count). The number of sulfonamides is 1. The molecule has 1 N–H and O–H groups in total. The Morgan fingerprint density at radius 3 is 2.52 bits per heavy atom. The SMILES string of the molecule is CCCCS(=O)(=O)N1CCCC1C(=O)N1C[C@@H](C)[C@H](C(=O)O)C1. The molecule has 2 saturated heterocycles. The van der Waals surface area contributed by atoms with Crippen molar-refractivity contribution in [2.24, 2.45) is 11.8 Å². The van der Waals surface area contributed by atoms with Crippen LogP contribution >= 0.6 is 0 Å². The third-order valence-electron chi connectivity index (χ3n) is 4.84. The van der Waals surface area contributed by atoms with Crippen molar-refractivity contribution in [1.29, 1.82) is 0 Å². The maximum Gasteiger partial charge on any atom is 0.308 e. The molecular weight excluding hydrogens is 320 g/mol. The van der Waals surface area contributed by atoms with E-state index in [1.807, 2.05) is 13.8 Å². The van der Waals surface area contributed by atoms with E-state index in [1.165, 1.54) is 9.21 Å². The molecule has 1 amide bonds. The van der Waals surface area contributed by atoms with Crippen molar-refractivity contribution >= 4 is 21.9 Å². The fraction of sp³-hybridized carbons (Fsp3) is 0.867. The zero-order valence-electron chi connectivity index (χ0n) is 13.8. The van der Waals surface area contributed by atoms with Gasteiger partial charge in [-0.25, -0.2) is 8.42 Å². The molecule has 0 spiro atoms. The maximum absolute atomic E-state index is 12.7. The summed E-state index contributed by atoms with van der Waals surface area (Å²) in [5.74, 6) is -1.74. The van der Waals surface area contributed by atoms with E-state index >= 15 is 0 Å². The Bertz CT molecular complexity index is 562. The standard InChI is InChI=1S/C15H26N2O5S/c1-3-4-8-23(21,22)17-7-5-6-13(17)14(18)16-9-11(2)12(10-16)15(19)20/h11-13H,3-10H2,1-2H3,(H,19,20)/t11-,12-,13?/m1/s1. The molecular formula is C15H26N2O5S. The molecule has 0 aromatic heterocycles. The average molecular weight is 346 g/mol. The quantitative estimate of drug-likeness (QED) is 0.766. The van der Waals surface area contributed by atoms with Crippen LogP contribution < -0.4 is 0 Å². The van der Waals surface area contributed by atoms with Gasteiger partial charge in [0, 0.05) is 19.6 Å². The monoisotopic (exact) mass is 346 g/mol. The molecule has 0 aromatic rings. The average Bonchev–Trinajstić information content (AvgIpc) is 3.11. The first-order chi connectivity index (χ1) is 10.8. The van der Waals surface area contributed by atoms with Crippen LogP contribution in [0, 0.1) is 11.8 Å². The lowest BCUT2D eigenvalue weighted by atomic mass is 9.99. The highest BCUT2D eigenvalue weighted by Gasteiger charge is 2.44. The van der Waals surface area contributed by atoms with Crippen LogP contribution in [-0.2, 0) is 19.6 Å². The van der Waals surface area contributed by atoms with E-state index < -0.39 is 28.0 Å². The van der Waals surface area contributed by atoms with Gasteiger partial charge in [0.05, 0.1) is 11.7 Å². The van der Waals surface area contributed by atoms with Crippen molar-refractivity contribution in [2.45, 2.75) is 45.6 Å². The molecule has 0 bridgehead atoms.